The van der Waals surface area contributed by atoms with Crippen LogP contribution >= 0.6 is 0 Å². The number of hydrogen-bond acceptors (Lipinski definition) is 4. The number of aromatic nitrogens is 2. The molecule has 2 rings (SSSR count). The van der Waals surface area contributed by atoms with E-state index in [1.54, 1.807) is 0 Å². The first-order chi connectivity index (χ1) is 10.1. The number of rotatable bonds is 6. The van der Waals surface area contributed by atoms with Gasteiger partial charge in [-0.15, -0.1) is 0 Å². The number of hydrogen-bond donors (Lipinski definition) is 3. The van der Waals surface area contributed by atoms with Gasteiger partial charge in [-0.2, -0.15) is 0 Å². The summed E-state index contributed by atoms with van der Waals surface area (Å²) >= 11 is 0. The van der Waals surface area contributed by atoms with Crippen molar-refractivity contribution in [2.75, 3.05) is 33.3 Å². The van der Waals surface area contributed by atoms with E-state index in [-0.39, 0.29) is 24.3 Å². The minimum absolute atomic E-state index is 0.0678. The van der Waals surface area contributed by atoms with Gasteiger partial charge in [-0.05, 0) is 20.4 Å². The molecule has 1 saturated heterocycles. The van der Waals surface area contributed by atoms with Crippen molar-refractivity contribution in [3.63, 3.8) is 0 Å². The third-order valence-corrected chi connectivity index (χ3v) is 4.13. The topological polar surface area (TPSA) is 81.2 Å². The first-order valence-corrected chi connectivity index (χ1v) is 7.69. The molecule has 6 heteroatoms. The first-order valence-electron chi connectivity index (χ1n) is 7.69. The standard InChI is InChI=1S/C15H26N4O2/c1-4-13-17-10(2)14(18-13)11-8-19(3)9-12(11)15(21)16-6-5-7-20/h11-12,20H,4-9H2,1-3H3,(H,16,21)(H,17,18)/t11-,12-/m1/s1. The number of carbonyl (C=O) groups excluding carboxylic acids is 1. The van der Waals surface area contributed by atoms with Gasteiger partial charge in [-0.3, -0.25) is 4.79 Å². The lowest BCUT2D eigenvalue weighted by atomic mass is 9.91. The summed E-state index contributed by atoms with van der Waals surface area (Å²) in [6.07, 6.45) is 1.47. The van der Waals surface area contributed by atoms with Crippen LogP contribution in [0.4, 0.5) is 0 Å². The second-order valence-electron chi connectivity index (χ2n) is 5.85. The maximum absolute atomic E-state index is 12.4. The van der Waals surface area contributed by atoms with Crippen LogP contribution in [0.3, 0.4) is 0 Å². The van der Waals surface area contributed by atoms with Crippen LogP contribution in [0.1, 0.15) is 36.5 Å². The molecule has 2 atom stereocenters. The van der Waals surface area contributed by atoms with E-state index in [0.29, 0.717) is 13.0 Å². The summed E-state index contributed by atoms with van der Waals surface area (Å²) in [6.45, 7) is 6.34. The average Bonchev–Trinajstić information content (AvgIpc) is 3.01. The second kappa shape index (κ2) is 7.04. The number of likely N-dealkylation sites (tertiary alicyclic amines) is 1. The van der Waals surface area contributed by atoms with Gasteiger partial charge in [0.05, 0.1) is 11.6 Å². The Labute approximate surface area is 125 Å². The molecule has 0 aliphatic carbocycles. The van der Waals surface area contributed by atoms with Gasteiger partial charge in [-0.1, -0.05) is 6.92 Å². The van der Waals surface area contributed by atoms with Crippen LogP contribution in [0.5, 0.6) is 0 Å². The molecule has 1 aliphatic rings. The highest BCUT2D eigenvalue weighted by Gasteiger charge is 2.38. The Balaban J connectivity index is 2.12. The van der Waals surface area contributed by atoms with Crippen LogP contribution < -0.4 is 5.32 Å². The number of H-pyrrole nitrogens is 1. The summed E-state index contributed by atoms with van der Waals surface area (Å²) in [5.74, 6) is 1.12. The van der Waals surface area contributed by atoms with Crippen molar-refractivity contribution in [2.45, 2.75) is 32.6 Å². The lowest BCUT2D eigenvalue weighted by Crippen LogP contribution is -2.35. The Kier molecular flexibility index (Phi) is 5.36. The number of nitrogens with one attached hydrogen (secondary N) is 2. The van der Waals surface area contributed by atoms with Crippen molar-refractivity contribution < 1.29 is 9.90 Å². The van der Waals surface area contributed by atoms with E-state index in [4.69, 9.17) is 5.11 Å². The normalized spacial score (nSPS) is 22.7. The minimum Gasteiger partial charge on any atom is -0.396 e. The predicted octanol–water partition coefficient (Wildman–Crippen LogP) is 0.424. The summed E-state index contributed by atoms with van der Waals surface area (Å²) in [5, 5.41) is 11.7. The summed E-state index contributed by atoms with van der Waals surface area (Å²) in [7, 11) is 2.04. The maximum Gasteiger partial charge on any atom is 0.225 e. The van der Waals surface area contributed by atoms with Gasteiger partial charge >= 0.3 is 0 Å². The quantitative estimate of drug-likeness (QED) is 0.664. The van der Waals surface area contributed by atoms with Crippen LogP contribution in [0.25, 0.3) is 0 Å². The first kappa shape index (κ1) is 16.0. The molecular formula is C15H26N4O2. The number of carbonyl (C=O) groups is 1. The number of aliphatic hydroxyl groups excluding tert-OH is 1. The molecule has 1 fully saturated rings. The molecule has 21 heavy (non-hydrogen) atoms. The summed E-state index contributed by atoms with van der Waals surface area (Å²) in [5.41, 5.74) is 2.10. The Morgan fingerprint density at radius 3 is 2.90 bits per heavy atom. The summed E-state index contributed by atoms with van der Waals surface area (Å²) in [4.78, 5) is 22.5. The van der Waals surface area contributed by atoms with E-state index in [0.717, 1.165) is 36.7 Å². The van der Waals surface area contributed by atoms with Crippen molar-refractivity contribution in [3.05, 3.63) is 17.2 Å². The summed E-state index contributed by atoms with van der Waals surface area (Å²) < 4.78 is 0. The molecule has 0 saturated carbocycles. The molecule has 0 radical (unpaired) electrons. The van der Waals surface area contributed by atoms with Gasteiger partial charge in [0.15, 0.2) is 0 Å². The van der Waals surface area contributed by atoms with Gasteiger partial charge in [0.25, 0.3) is 0 Å². The third kappa shape index (κ3) is 3.63. The lowest BCUT2D eigenvalue weighted by Gasteiger charge is -2.17. The van der Waals surface area contributed by atoms with E-state index < -0.39 is 0 Å². The fourth-order valence-electron chi connectivity index (χ4n) is 3.03. The fraction of sp³-hybridized carbons (Fsp3) is 0.733. The van der Waals surface area contributed by atoms with E-state index in [1.165, 1.54) is 0 Å². The minimum atomic E-state index is -0.0691. The molecule has 3 N–H and O–H groups in total. The van der Waals surface area contributed by atoms with Gasteiger partial charge in [0.2, 0.25) is 5.91 Å². The molecule has 1 aromatic rings. The van der Waals surface area contributed by atoms with E-state index in [2.05, 4.69) is 27.1 Å². The molecule has 1 aromatic heterocycles. The Morgan fingerprint density at radius 1 is 1.52 bits per heavy atom. The largest absolute Gasteiger partial charge is 0.396 e. The highest BCUT2D eigenvalue weighted by molar-refractivity contribution is 5.80. The van der Waals surface area contributed by atoms with Crippen LogP contribution in [0.2, 0.25) is 0 Å². The second-order valence-corrected chi connectivity index (χ2v) is 5.85. The van der Waals surface area contributed by atoms with Crippen LogP contribution in [0, 0.1) is 12.8 Å². The number of nitrogens with zero attached hydrogens (tertiary/aromatic N) is 2. The van der Waals surface area contributed by atoms with Crippen molar-refractivity contribution in [1.82, 2.24) is 20.2 Å². The molecule has 1 aliphatic heterocycles. The predicted molar refractivity (Wildman–Crippen MR) is 81.1 cm³/mol. The highest BCUT2D eigenvalue weighted by Crippen LogP contribution is 2.32. The number of amides is 1. The molecule has 1 amide bonds. The van der Waals surface area contributed by atoms with Crippen LogP contribution in [0.15, 0.2) is 0 Å². The zero-order valence-corrected chi connectivity index (χ0v) is 13.1. The Morgan fingerprint density at radius 2 is 2.29 bits per heavy atom. The van der Waals surface area contributed by atoms with Crippen LogP contribution in [-0.2, 0) is 11.2 Å². The maximum atomic E-state index is 12.4. The number of aromatic amines is 1. The van der Waals surface area contributed by atoms with Crippen LogP contribution in [-0.4, -0.2) is 59.2 Å². The highest BCUT2D eigenvalue weighted by atomic mass is 16.3. The average molecular weight is 294 g/mol. The number of likely N-dealkylation sites (N-methyl/N-ethyl adjacent to an activating group) is 1. The summed E-state index contributed by atoms with van der Waals surface area (Å²) in [6, 6.07) is 0. The molecule has 0 spiro atoms. The zero-order chi connectivity index (χ0) is 15.4. The van der Waals surface area contributed by atoms with Crippen molar-refractivity contribution >= 4 is 5.91 Å². The molecule has 0 aromatic carbocycles. The number of aliphatic hydroxyl groups is 1. The van der Waals surface area contributed by atoms with E-state index in [9.17, 15) is 4.79 Å². The molecule has 0 unspecified atom stereocenters. The number of imidazole rings is 1. The van der Waals surface area contributed by atoms with Crippen molar-refractivity contribution in [2.24, 2.45) is 5.92 Å². The van der Waals surface area contributed by atoms with Crippen molar-refractivity contribution in [3.8, 4) is 0 Å². The van der Waals surface area contributed by atoms with E-state index in [1.807, 2.05) is 14.0 Å². The molecule has 0 bridgehead atoms. The fourth-order valence-corrected chi connectivity index (χ4v) is 3.03. The smallest absolute Gasteiger partial charge is 0.225 e. The van der Waals surface area contributed by atoms with E-state index >= 15 is 0 Å². The molecule has 2 heterocycles. The van der Waals surface area contributed by atoms with Gasteiger partial charge in [0.1, 0.15) is 5.82 Å². The number of aryl methyl sites for hydroxylation is 2. The lowest BCUT2D eigenvalue weighted by molar-refractivity contribution is -0.125. The Hall–Kier alpha value is -1.40. The molecule has 118 valence electrons. The van der Waals surface area contributed by atoms with Gasteiger partial charge < -0.3 is 20.3 Å². The van der Waals surface area contributed by atoms with Gasteiger partial charge in [0, 0.05) is 44.3 Å². The Bertz CT molecular complexity index is 486. The molecular weight excluding hydrogens is 268 g/mol. The van der Waals surface area contributed by atoms with Gasteiger partial charge in [-0.25, -0.2) is 4.98 Å². The SMILES string of the molecule is CCc1nc([C@@H]2CN(C)C[C@H]2C(=O)NCCCO)c(C)[nH]1. The third-order valence-electron chi connectivity index (χ3n) is 4.13. The molecule has 6 nitrogen and oxygen atoms in total. The zero-order valence-electron chi connectivity index (χ0n) is 13.1. The van der Waals surface area contributed by atoms with Crippen molar-refractivity contribution in [1.29, 1.82) is 0 Å². The monoisotopic (exact) mass is 294 g/mol.